The zero-order valence-corrected chi connectivity index (χ0v) is 18.7. The molecule has 160 valence electrons. The summed E-state index contributed by atoms with van der Waals surface area (Å²) in [4.78, 5) is 38.0. The Morgan fingerprint density at radius 3 is 2.57 bits per heavy atom. The average Bonchev–Trinajstić information content (AvgIpc) is 3.46. The van der Waals surface area contributed by atoms with Crippen molar-refractivity contribution in [1.82, 2.24) is 19.8 Å². The number of carbonyl (C=O) groups excluding carboxylic acids is 2. The van der Waals surface area contributed by atoms with Gasteiger partial charge in [0.05, 0.1) is 10.7 Å². The predicted octanol–water partition coefficient (Wildman–Crippen LogP) is 3.14. The topological polar surface area (TPSA) is 78.4 Å². The van der Waals surface area contributed by atoms with E-state index in [1.54, 1.807) is 29.7 Å². The Bertz CT molecular complexity index is 924. The number of carbonyl (C=O) groups is 2. The summed E-state index contributed by atoms with van der Waals surface area (Å²) in [6.07, 6.45) is 3.46. The number of amides is 2. The van der Waals surface area contributed by atoms with E-state index in [2.05, 4.69) is 41.4 Å². The molecule has 8 heteroatoms. The molecule has 2 fully saturated rings. The lowest BCUT2D eigenvalue weighted by Gasteiger charge is -2.34. The number of anilines is 1. The van der Waals surface area contributed by atoms with Crippen LogP contribution in [0, 0.1) is 5.92 Å². The zero-order chi connectivity index (χ0) is 21.3. The molecule has 30 heavy (non-hydrogen) atoms. The summed E-state index contributed by atoms with van der Waals surface area (Å²) in [6.45, 7) is 10.4. The van der Waals surface area contributed by atoms with Gasteiger partial charge in [0.2, 0.25) is 5.91 Å². The van der Waals surface area contributed by atoms with Gasteiger partial charge in [0, 0.05) is 61.2 Å². The summed E-state index contributed by atoms with van der Waals surface area (Å²) in [7, 11) is 0. The minimum Gasteiger partial charge on any atom is -0.336 e. The van der Waals surface area contributed by atoms with E-state index in [4.69, 9.17) is 4.98 Å². The molecule has 3 heterocycles. The Labute approximate surface area is 181 Å². The molecule has 2 aromatic heterocycles. The fourth-order valence-electron chi connectivity index (χ4n) is 3.45. The minimum atomic E-state index is -0.0114. The Morgan fingerprint density at radius 1 is 1.20 bits per heavy atom. The van der Waals surface area contributed by atoms with E-state index < -0.39 is 0 Å². The average molecular weight is 428 g/mol. The van der Waals surface area contributed by atoms with Gasteiger partial charge in [-0.05, 0) is 25.0 Å². The number of nitrogens with zero attached hydrogens (tertiary/aromatic N) is 4. The maximum atomic E-state index is 12.9. The van der Waals surface area contributed by atoms with Crippen LogP contribution in [0.1, 0.15) is 54.7 Å². The molecule has 0 aromatic carbocycles. The van der Waals surface area contributed by atoms with E-state index in [9.17, 15) is 9.59 Å². The second-order valence-electron chi connectivity index (χ2n) is 9.16. The van der Waals surface area contributed by atoms with E-state index in [-0.39, 0.29) is 23.1 Å². The number of rotatable bonds is 5. The number of hydrogen-bond acceptors (Lipinski definition) is 6. The molecule has 2 aromatic rings. The fourth-order valence-corrected chi connectivity index (χ4v) is 4.35. The summed E-state index contributed by atoms with van der Waals surface area (Å²) in [5, 5.41) is 6.12. The molecule has 4 rings (SSSR count). The van der Waals surface area contributed by atoms with E-state index in [1.807, 2.05) is 4.90 Å². The zero-order valence-electron chi connectivity index (χ0n) is 17.9. The number of hydrogen-bond donors (Lipinski definition) is 1. The summed E-state index contributed by atoms with van der Waals surface area (Å²) in [5.74, 6) is 0.547. The minimum absolute atomic E-state index is 0.00243. The van der Waals surface area contributed by atoms with Crippen molar-refractivity contribution in [2.24, 2.45) is 5.92 Å². The van der Waals surface area contributed by atoms with E-state index in [0.29, 0.717) is 24.5 Å². The van der Waals surface area contributed by atoms with Crippen molar-refractivity contribution >= 4 is 29.0 Å². The highest BCUT2D eigenvalue weighted by Gasteiger charge is 2.30. The molecule has 1 N–H and O–H groups in total. The van der Waals surface area contributed by atoms with Gasteiger partial charge >= 0.3 is 0 Å². The van der Waals surface area contributed by atoms with Gasteiger partial charge in [0.15, 0.2) is 0 Å². The highest BCUT2D eigenvalue weighted by molar-refractivity contribution is 7.09. The molecule has 0 spiro atoms. The van der Waals surface area contributed by atoms with Crippen LogP contribution in [-0.2, 0) is 16.8 Å². The smallest absolute Gasteiger partial charge is 0.254 e. The lowest BCUT2D eigenvalue weighted by Crippen LogP contribution is -2.48. The third kappa shape index (κ3) is 5.05. The van der Waals surface area contributed by atoms with Crippen LogP contribution in [0.25, 0.3) is 0 Å². The van der Waals surface area contributed by atoms with Crippen molar-refractivity contribution < 1.29 is 9.59 Å². The molecular weight excluding hydrogens is 398 g/mol. The van der Waals surface area contributed by atoms with E-state index in [1.165, 1.54) is 0 Å². The van der Waals surface area contributed by atoms with Gasteiger partial charge in [0.1, 0.15) is 5.82 Å². The van der Waals surface area contributed by atoms with Crippen LogP contribution in [0.5, 0.6) is 0 Å². The molecule has 0 radical (unpaired) electrons. The Hall–Kier alpha value is -2.32. The van der Waals surface area contributed by atoms with Crippen molar-refractivity contribution in [1.29, 1.82) is 0 Å². The lowest BCUT2D eigenvalue weighted by molar-refractivity contribution is -0.117. The number of pyridine rings is 1. The third-order valence-electron chi connectivity index (χ3n) is 5.44. The van der Waals surface area contributed by atoms with E-state index >= 15 is 0 Å². The molecule has 1 aliphatic heterocycles. The van der Waals surface area contributed by atoms with Gasteiger partial charge in [-0.1, -0.05) is 20.8 Å². The molecule has 7 nitrogen and oxygen atoms in total. The van der Waals surface area contributed by atoms with Gasteiger partial charge in [-0.15, -0.1) is 11.3 Å². The van der Waals surface area contributed by atoms with Crippen LogP contribution in [0.2, 0.25) is 0 Å². The van der Waals surface area contributed by atoms with E-state index in [0.717, 1.165) is 43.2 Å². The maximum absolute atomic E-state index is 12.9. The standard InChI is InChI=1S/C22H29N5O2S/c1-22(2,3)21-24-17(14-30-21)13-26-8-10-27(11-9-26)20(29)16-6-7-23-18(12-16)25-19(28)15-4-5-15/h6-7,12,14-15H,4-5,8-11,13H2,1-3H3,(H,23,25,28). The first kappa shape index (κ1) is 20.9. The van der Waals surface area contributed by atoms with Gasteiger partial charge in [-0.25, -0.2) is 9.97 Å². The first-order valence-corrected chi connectivity index (χ1v) is 11.4. The first-order valence-electron chi connectivity index (χ1n) is 10.5. The summed E-state index contributed by atoms with van der Waals surface area (Å²) >= 11 is 1.72. The summed E-state index contributed by atoms with van der Waals surface area (Å²) < 4.78 is 0. The van der Waals surface area contributed by atoms with Crippen LogP contribution >= 0.6 is 11.3 Å². The molecule has 0 bridgehead atoms. The molecule has 0 atom stereocenters. The van der Waals surface area contributed by atoms with Gasteiger partial charge in [0.25, 0.3) is 5.91 Å². The van der Waals surface area contributed by atoms with Crippen molar-refractivity contribution in [3.05, 3.63) is 40.0 Å². The molecule has 1 saturated heterocycles. The highest BCUT2D eigenvalue weighted by Crippen LogP contribution is 2.30. The molecule has 2 aliphatic rings. The monoisotopic (exact) mass is 427 g/mol. The van der Waals surface area contributed by atoms with Gasteiger partial charge in [-0.2, -0.15) is 0 Å². The predicted molar refractivity (Wildman–Crippen MR) is 118 cm³/mol. The molecular formula is C22H29N5O2S. The normalized spacial score (nSPS) is 17.8. The van der Waals surface area contributed by atoms with Crippen LogP contribution in [-0.4, -0.2) is 57.8 Å². The van der Waals surface area contributed by atoms with Crippen molar-refractivity contribution in [2.75, 3.05) is 31.5 Å². The molecule has 2 amide bonds. The van der Waals surface area contributed by atoms with Gasteiger partial charge in [-0.3, -0.25) is 14.5 Å². The van der Waals surface area contributed by atoms with Crippen molar-refractivity contribution in [3.63, 3.8) is 0 Å². The van der Waals surface area contributed by atoms with Crippen molar-refractivity contribution in [2.45, 2.75) is 45.6 Å². The second kappa shape index (κ2) is 8.43. The first-order chi connectivity index (χ1) is 14.3. The SMILES string of the molecule is CC(C)(C)c1nc(CN2CCN(C(=O)c3ccnc(NC(=O)C4CC4)c3)CC2)cs1. The summed E-state index contributed by atoms with van der Waals surface area (Å²) in [5.41, 5.74) is 1.75. The molecule has 1 aliphatic carbocycles. The highest BCUT2D eigenvalue weighted by atomic mass is 32.1. The van der Waals surface area contributed by atoms with Crippen molar-refractivity contribution in [3.8, 4) is 0 Å². The maximum Gasteiger partial charge on any atom is 0.254 e. The van der Waals surface area contributed by atoms with Crippen LogP contribution in [0.15, 0.2) is 23.7 Å². The quantitative estimate of drug-likeness (QED) is 0.793. The molecule has 0 unspecified atom stereocenters. The Kier molecular flexibility index (Phi) is 5.88. The van der Waals surface area contributed by atoms with Crippen LogP contribution < -0.4 is 5.32 Å². The van der Waals surface area contributed by atoms with Crippen LogP contribution in [0.4, 0.5) is 5.82 Å². The number of nitrogens with one attached hydrogen (secondary N) is 1. The van der Waals surface area contributed by atoms with Crippen LogP contribution in [0.3, 0.4) is 0 Å². The van der Waals surface area contributed by atoms with Gasteiger partial charge < -0.3 is 10.2 Å². The Balaban J connectivity index is 1.31. The lowest BCUT2D eigenvalue weighted by atomic mass is 9.98. The number of piperazine rings is 1. The molecule has 1 saturated carbocycles. The fraction of sp³-hybridized carbons (Fsp3) is 0.545. The summed E-state index contributed by atoms with van der Waals surface area (Å²) in [6, 6.07) is 3.39. The number of aromatic nitrogens is 2. The second-order valence-corrected chi connectivity index (χ2v) is 10.0. The Morgan fingerprint density at radius 2 is 1.93 bits per heavy atom. The largest absolute Gasteiger partial charge is 0.336 e. The third-order valence-corrected chi connectivity index (χ3v) is 6.76. The number of thiazole rings is 1.